The molecule has 1 N–H and O–H groups in total. The van der Waals surface area contributed by atoms with Crippen molar-refractivity contribution >= 4 is 16.8 Å². The molecule has 1 rings (SSSR count). The van der Waals surface area contributed by atoms with E-state index in [1.165, 1.54) is 0 Å². The zero-order valence-corrected chi connectivity index (χ0v) is 7.07. The Morgan fingerprint density at radius 3 is 2.58 bits per heavy atom. The summed E-state index contributed by atoms with van der Waals surface area (Å²) in [5, 5.41) is 7.23. The van der Waals surface area contributed by atoms with Gasteiger partial charge in [0.25, 0.3) is 0 Å². The van der Waals surface area contributed by atoms with Gasteiger partial charge in [0, 0.05) is 0 Å². The van der Waals surface area contributed by atoms with Crippen LogP contribution in [-0.4, -0.2) is 14.6 Å². The second-order valence-corrected chi connectivity index (χ2v) is 2.93. The molecule has 0 aromatic heterocycles. The molecule has 5 heteroatoms. The molecule has 1 aromatic rings. The van der Waals surface area contributed by atoms with E-state index >= 15 is 0 Å². The Hall–Kier alpha value is -1.07. The maximum atomic E-state index is 10.1. The van der Waals surface area contributed by atoms with Crippen molar-refractivity contribution < 1.29 is 8.76 Å². The van der Waals surface area contributed by atoms with E-state index in [0.29, 0.717) is 5.69 Å². The average Bonchev–Trinajstić information content (AvgIpc) is 2.05. The lowest BCUT2D eigenvalue weighted by atomic mass is 10.3. The molecule has 12 heavy (non-hydrogen) atoms. The minimum atomic E-state index is -1.90. The second-order valence-electron chi connectivity index (χ2n) is 2.03. The molecule has 0 aliphatic carbocycles. The van der Waals surface area contributed by atoms with Gasteiger partial charge in [0.05, 0.1) is 5.69 Å². The molecule has 0 amide bonds. The van der Waals surface area contributed by atoms with Gasteiger partial charge in [0.1, 0.15) is 0 Å². The minimum absolute atomic E-state index is 0.172. The van der Waals surface area contributed by atoms with Crippen molar-refractivity contribution in [2.24, 2.45) is 10.2 Å². The predicted molar refractivity (Wildman–Crippen MR) is 46.6 cm³/mol. The summed E-state index contributed by atoms with van der Waals surface area (Å²) in [7, 11) is 0. The van der Waals surface area contributed by atoms with Gasteiger partial charge >= 0.3 is 0 Å². The first-order valence-corrected chi connectivity index (χ1v) is 4.56. The van der Waals surface area contributed by atoms with Gasteiger partial charge in [-0.2, -0.15) is 10.2 Å². The van der Waals surface area contributed by atoms with Crippen LogP contribution in [0.2, 0.25) is 0 Å². The molecule has 0 radical (unpaired) electrons. The molecule has 0 aliphatic rings. The monoisotopic (exact) mass is 184 g/mol. The van der Waals surface area contributed by atoms with Crippen LogP contribution in [0.25, 0.3) is 0 Å². The van der Waals surface area contributed by atoms with Crippen LogP contribution in [-0.2, 0) is 11.1 Å². The first-order valence-electron chi connectivity index (χ1n) is 3.29. The fraction of sp³-hybridized carbons (Fsp3) is 0.143. The Balaban J connectivity index is 2.52. The van der Waals surface area contributed by atoms with E-state index < -0.39 is 11.1 Å². The summed E-state index contributed by atoms with van der Waals surface area (Å²) in [6.07, 6.45) is 0. The molecule has 64 valence electrons. The third-order valence-electron chi connectivity index (χ3n) is 1.11. The molecular weight excluding hydrogens is 176 g/mol. The van der Waals surface area contributed by atoms with Crippen molar-refractivity contribution in [3.05, 3.63) is 30.3 Å². The maximum Gasteiger partial charge on any atom is 0.177 e. The van der Waals surface area contributed by atoms with Crippen LogP contribution in [0.5, 0.6) is 0 Å². The van der Waals surface area contributed by atoms with Crippen molar-refractivity contribution in [3.63, 3.8) is 0 Å². The first-order chi connectivity index (χ1) is 5.79. The number of nitrogens with zero attached hydrogens (tertiary/aromatic N) is 2. The molecule has 0 fully saturated rings. The predicted octanol–water partition coefficient (Wildman–Crippen LogP) is 1.95. The van der Waals surface area contributed by atoms with Crippen molar-refractivity contribution in [3.8, 4) is 0 Å². The van der Waals surface area contributed by atoms with Gasteiger partial charge in [0.2, 0.25) is 0 Å². The van der Waals surface area contributed by atoms with Crippen molar-refractivity contribution in [2.75, 3.05) is 5.88 Å². The summed E-state index contributed by atoms with van der Waals surface area (Å²) in [6, 6.07) is 9.05. The van der Waals surface area contributed by atoms with Gasteiger partial charge in [-0.15, -0.1) is 0 Å². The molecule has 0 bridgehead atoms. The van der Waals surface area contributed by atoms with E-state index in [1.54, 1.807) is 12.1 Å². The van der Waals surface area contributed by atoms with Crippen LogP contribution in [0.4, 0.5) is 5.69 Å². The highest BCUT2D eigenvalue weighted by atomic mass is 32.2. The largest absolute Gasteiger partial charge is 0.305 e. The average molecular weight is 184 g/mol. The summed E-state index contributed by atoms with van der Waals surface area (Å²) >= 11 is -1.90. The lowest BCUT2D eigenvalue weighted by Gasteiger charge is -1.88. The van der Waals surface area contributed by atoms with Gasteiger partial charge in [-0.3, -0.25) is 0 Å². The molecule has 1 aromatic carbocycles. The number of hydrogen-bond acceptors (Lipinski definition) is 3. The van der Waals surface area contributed by atoms with Crippen molar-refractivity contribution in [1.82, 2.24) is 0 Å². The molecule has 0 aliphatic heterocycles. The highest BCUT2D eigenvalue weighted by Gasteiger charge is 1.88. The highest BCUT2D eigenvalue weighted by Crippen LogP contribution is 2.09. The van der Waals surface area contributed by atoms with Gasteiger partial charge in [-0.05, 0) is 12.1 Å². The molecule has 1 unspecified atom stereocenters. The van der Waals surface area contributed by atoms with Crippen molar-refractivity contribution in [1.29, 1.82) is 0 Å². The SMILES string of the molecule is O=S(O)CN=Nc1ccccc1. The lowest BCUT2D eigenvalue weighted by Crippen LogP contribution is -1.88. The van der Waals surface area contributed by atoms with Gasteiger partial charge < -0.3 is 4.55 Å². The van der Waals surface area contributed by atoms with Crippen LogP contribution >= 0.6 is 0 Å². The van der Waals surface area contributed by atoms with E-state index in [2.05, 4.69) is 10.2 Å². The van der Waals surface area contributed by atoms with Crippen LogP contribution in [0.3, 0.4) is 0 Å². The van der Waals surface area contributed by atoms with E-state index in [0.717, 1.165) is 0 Å². The quantitative estimate of drug-likeness (QED) is 0.576. The van der Waals surface area contributed by atoms with Crippen molar-refractivity contribution in [2.45, 2.75) is 0 Å². The lowest BCUT2D eigenvalue weighted by molar-refractivity contribution is 0.564. The second kappa shape index (κ2) is 4.74. The Morgan fingerprint density at radius 1 is 1.33 bits per heavy atom. The Labute approximate surface area is 72.6 Å². The number of benzene rings is 1. The molecule has 4 nitrogen and oxygen atoms in total. The maximum absolute atomic E-state index is 10.1. The van der Waals surface area contributed by atoms with Gasteiger partial charge in [-0.1, -0.05) is 18.2 Å². The van der Waals surface area contributed by atoms with Gasteiger partial charge in [0.15, 0.2) is 17.0 Å². The summed E-state index contributed by atoms with van der Waals surface area (Å²) in [5.74, 6) is -0.172. The third-order valence-corrected chi connectivity index (χ3v) is 1.45. The van der Waals surface area contributed by atoms with Crippen LogP contribution in [0.1, 0.15) is 0 Å². The number of azo groups is 1. The first kappa shape index (κ1) is 9.02. The van der Waals surface area contributed by atoms with E-state index in [4.69, 9.17) is 4.55 Å². The van der Waals surface area contributed by atoms with Crippen LogP contribution in [0, 0.1) is 0 Å². The Morgan fingerprint density at radius 2 is 2.00 bits per heavy atom. The zero-order chi connectivity index (χ0) is 8.81. The standard InChI is InChI=1S/C7H8N2O2S/c10-12(11)6-8-9-7-4-2-1-3-5-7/h1-5H,6H2,(H,10,11). The highest BCUT2D eigenvalue weighted by molar-refractivity contribution is 7.79. The van der Waals surface area contributed by atoms with E-state index in [1.807, 2.05) is 18.2 Å². The normalized spacial score (nSPS) is 13.4. The fourth-order valence-corrected chi connectivity index (χ4v) is 0.811. The summed E-state index contributed by atoms with van der Waals surface area (Å²) in [6.45, 7) is 0. The zero-order valence-electron chi connectivity index (χ0n) is 6.25. The molecule has 0 saturated heterocycles. The Bertz CT molecular complexity index is 287. The minimum Gasteiger partial charge on any atom is -0.305 e. The number of hydrogen-bond donors (Lipinski definition) is 1. The van der Waals surface area contributed by atoms with E-state index in [9.17, 15) is 4.21 Å². The summed E-state index contributed by atoms with van der Waals surface area (Å²) in [4.78, 5) is 0. The molecule has 0 heterocycles. The van der Waals surface area contributed by atoms with Crippen LogP contribution < -0.4 is 0 Å². The molecule has 0 spiro atoms. The molecule has 1 atom stereocenters. The summed E-state index contributed by atoms with van der Waals surface area (Å²) < 4.78 is 18.5. The summed E-state index contributed by atoms with van der Waals surface area (Å²) in [5.41, 5.74) is 0.683. The van der Waals surface area contributed by atoms with Gasteiger partial charge in [-0.25, -0.2) is 4.21 Å². The van der Waals surface area contributed by atoms with E-state index in [-0.39, 0.29) is 5.88 Å². The Kier molecular flexibility index (Phi) is 3.56. The molecule has 0 saturated carbocycles. The fourth-order valence-electron chi connectivity index (χ4n) is 0.655. The molecular formula is C7H8N2O2S. The topological polar surface area (TPSA) is 62.0 Å². The van der Waals surface area contributed by atoms with Crippen LogP contribution in [0.15, 0.2) is 40.6 Å². The smallest absolute Gasteiger partial charge is 0.177 e. The number of rotatable bonds is 3. The third kappa shape index (κ3) is 3.36.